The number of tetrazole rings is 1. The first-order chi connectivity index (χ1) is 15.0. The molecule has 9 nitrogen and oxygen atoms in total. The van der Waals surface area contributed by atoms with E-state index in [1.165, 1.54) is 21.4 Å². The second-order valence-corrected chi connectivity index (χ2v) is 9.42. The molecule has 1 aliphatic heterocycles. The summed E-state index contributed by atoms with van der Waals surface area (Å²) in [5, 5.41) is 14.0. The lowest BCUT2D eigenvalue weighted by atomic mass is 10.1. The molecule has 0 spiro atoms. The molecule has 1 saturated heterocycles. The summed E-state index contributed by atoms with van der Waals surface area (Å²) in [5.41, 5.74) is 1.37. The van der Waals surface area contributed by atoms with Crippen LogP contribution in [0.25, 0.3) is 0 Å². The van der Waals surface area contributed by atoms with E-state index >= 15 is 0 Å². The molecule has 0 unspecified atom stereocenters. The van der Waals surface area contributed by atoms with Crippen molar-refractivity contribution in [1.82, 2.24) is 24.5 Å². The van der Waals surface area contributed by atoms with Crippen LogP contribution < -0.4 is 5.32 Å². The minimum Gasteiger partial charge on any atom is -0.324 e. The first-order valence-electron chi connectivity index (χ1n) is 10.2. The van der Waals surface area contributed by atoms with Crippen molar-refractivity contribution >= 4 is 21.6 Å². The summed E-state index contributed by atoms with van der Waals surface area (Å²) in [5.74, 6) is -0.330. The maximum absolute atomic E-state index is 13.1. The molecule has 0 bridgehead atoms. The smallest absolute Gasteiger partial charge is 0.249 e. The molecule has 4 rings (SSSR count). The minimum absolute atomic E-state index is 0.175. The number of rotatable bonds is 7. The van der Waals surface area contributed by atoms with Crippen LogP contribution in [0.5, 0.6) is 0 Å². The molecule has 2 aromatic carbocycles. The standard InChI is InChI=1S/C21H24N6O3S/c28-21(20(27-16-22-24-25-27)14-17-8-3-1-4-9-17)23-18-10-7-11-19(15-18)31(29,30)26-12-5-2-6-13-26/h1,3-4,7-11,15-16,20H,2,5-6,12-14H2,(H,23,28)/t20-/m1/s1. The van der Waals surface area contributed by atoms with Gasteiger partial charge in [-0.3, -0.25) is 4.79 Å². The Morgan fingerprint density at radius 3 is 2.52 bits per heavy atom. The zero-order valence-corrected chi connectivity index (χ0v) is 17.8. The van der Waals surface area contributed by atoms with Gasteiger partial charge in [-0.1, -0.05) is 42.8 Å². The highest BCUT2D eigenvalue weighted by Crippen LogP contribution is 2.24. The first-order valence-corrected chi connectivity index (χ1v) is 11.7. The van der Waals surface area contributed by atoms with Gasteiger partial charge in [0, 0.05) is 25.2 Å². The largest absolute Gasteiger partial charge is 0.324 e. The Hall–Kier alpha value is -3.11. The summed E-state index contributed by atoms with van der Waals surface area (Å²) in [6.07, 6.45) is 4.56. The van der Waals surface area contributed by atoms with Gasteiger partial charge in [-0.25, -0.2) is 13.1 Å². The minimum atomic E-state index is -3.59. The molecule has 0 aliphatic carbocycles. The van der Waals surface area contributed by atoms with E-state index in [9.17, 15) is 13.2 Å². The van der Waals surface area contributed by atoms with E-state index in [4.69, 9.17) is 0 Å². The average molecular weight is 441 g/mol. The number of carbonyl (C=O) groups is 1. The monoisotopic (exact) mass is 440 g/mol. The van der Waals surface area contributed by atoms with Crippen molar-refractivity contribution in [1.29, 1.82) is 0 Å². The highest BCUT2D eigenvalue weighted by Gasteiger charge is 2.27. The topological polar surface area (TPSA) is 110 Å². The third kappa shape index (κ3) is 4.97. The van der Waals surface area contributed by atoms with Crippen LogP contribution in [0.1, 0.15) is 30.9 Å². The Labute approximate surface area is 181 Å². The van der Waals surface area contributed by atoms with Crippen molar-refractivity contribution in [3.05, 3.63) is 66.5 Å². The molecule has 0 saturated carbocycles. The van der Waals surface area contributed by atoms with Gasteiger partial charge >= 0.3 is 0 Å². The van der Waals surface area contributed by atoms with Crippen LogP contribution in [0.4, 0.5) is 5.69 Å². The zero-order chi connectivity index (χ0) is 21.7. The number of benzene rings is 2. The van der Waals surface area contributed by atoms with Gasteiger partial charge < -0.3 is 5.32 Å². The van der Waals surface area contributed by atoms with Crippen molar-refractivity contribution in [2.45, 2.75) is 36.6 Å². The molecule has 1 amide bonds. The fourth-order valence-electron chi connectivity index (χ4n) is 3.67. The van der Waals surface area contributed by atoms with Crippen LogP contribution >= 0.6 is 0 Å². The maximum atomic E-state index is 13.1. The lowest BCUT2D eigenvalue weighted by Crippen LogP contribution is -2.35. The van der Waals surface area contributed by atoms with Crippen LogP contribution in [0.2, 0.25) is 0 Å². The highest BCUT2D eigenvalue weighted by atomic mass is 32.2. The number of sulfonamides is 1. The summed E-state index contributed by atoms with van der Waals surface area (Å²) in [4.78, 5) is 13.3. The van der Waals surface area contributed by atoms with Gasteiger partial charge in [-0.05, 0) is 47.0 Å². The van der Waals surface area contributed by atoms with Gasteiger partial charge in [0.15, 0.2) is 0 Å². The van der Waals surface area contributed by atoms with Crippen molar-refractivity contribution in [3.63, 3.8) is 0 Å². The third-order valence-corrected chi connectivity index (χ3v) is 7.21. The molecule has 3 aromatic rings. The number of aromatic nitrogens is 4. The SMILES string of the molecule is O=C(Nc1cccc(S(=O)(=O)N2CCCCC2)c1)[C@@H](Cc1ccccc1)n1cnnn1. The van der Waals surface area contributed by atoms with Gasteiger partial charge in [-0.2, -0.15) is 4.31 Å². The van der Waals surface area contributed by atoms with Gasteiger partial charge in [-0.15, -0.1) is 5.10 Å². The fourth-order valence-corrected chi connectivity index (χ4v) is 5.23. The number of carbonyl (C=O) groups excluding carboxylic acids is 1. The predicted molar refractivity (Wildman–Crippen MR) is 115 cm³/mol. The van der Waals surface area contributed by atoms with E-state index in [1.54, 1.807) is 18.2 Å². The number of piperidine rings is 1. The normalized spacial score (nSPS) is 16.0. The van der Waals surface area contributed by atoms with E-state index in [1.807, 2.05) is 30.3 Å². The molecule has 2 heterocycles. The lowest BCUT2D eigenvalue weighted by molar-refractivity contribution is -0.119. The Morgan fingerprint density at radius 2 is 1.81 bits per heavy atom. The average Bonchev–Trinajstić information content (AvgIpc) is 3.33. The van der Waals surface area contributed by atoms with Crippen LogP contribution in [0, 0.1) is 0 Å². The molecule has 0 radical (unpaired) electrons. The number of hydrogen-bond donors (Lipinski definition) is 1. The molecule has 162 valence electrons. The fraction of sp³-hybridized carbons (Fsp3) is 0.333. The van der Waals surface area contributed by atoms with Crippen LogP contribution in [0.15, 0.2) is 65.8 Å². The van der Waals surface area contributed by atoms with Crippen LogP contribution in [-0.4, -0.2) is 51.9 Å². The molecule has 10 heteroatoms. The van der Waals surface area contributed by atoms with Gasteiger partial charge in [0.25, 0.3) is 0 Å². The maximum Gasteiger partial charge on any atom is 0.249 e. The second kappa shape index (κ2) is 9.36. The van der Waals surface area contributed by atoms with Crippen molar-refractivity contribution in [2.75, 3.05) is 18.4 Å². The number of amides is 1. The molecule has 1 N–H and O–H groups in total. The van der Waals surface area contributed by atoms with Crippen LogP contribution in [0.3, 0.4) is 0 Å². The Morgan fingerprint density at radius 1 is 1.03 bits per heavy atom. The summed E-state index contributed by atoms with van der Waals surface area (Å²) >= 11 is 0. The van der Waals surface area contributed by atoms with E-state index in [-0.39, 0.29) is 10.8 Å². The number of nitrogens with zero attached hydrogens (tertiary/aromatic N) is 5. The van der Waals surface area contributed by atoms with Gasteiger partial charge in [0.1, 0.15) is 12.4 Å². The Balaban J connectivity index is 1.54. The molecular weight excluding hydrogens is 416 g/mol. The first kappa shape index (κ1) is 21.1. The van der Waals surface area contributed by atoms with Crippen molar-refractivity contribution < 1.29 is 13.2 Å². The predicted octanol–water partition coefficient (Wildman–Crippen LogP) is 2.27. The van der Waals surface area contributed by atoms with Crippen LogP contribution in [-0.2, 0) is 21.2 Å². The van der Waals surface area contributed by atoms with E-state index in [0.717, 1.165) is 24.8 Å². The van der Waals surface area contributed by atoms with Gasteiger partial charge in [0.05, 0.1) is 4.90 Å². The molecule has 1 atom stereocenters. The number of nitrogens with one attached hydrogen (secondary N) is 1. The summed E-state index contributed by atoms with van der Waals surface area (Å²) in [6, 6.07) is 15.2. The van der Waals surface area contributed by atoms with Crippen molar-refractivity contribution in [2.24, 2.45) is 0 Å². The molecule has 1 aromatic heterocycles. The molecule has 31 heavy (non-hydrogen) atoms. The zero-order valence-electron chi connectivity index (χ0n) is 17.0. The molecular formula is C21H24N6O3S. The van der Waals surface area contributed by atoms with E-state index in [0.29, 0.717) is 25.2 Å². The number of anilines is 1. The summed E-state index contributed by atoms with van der Waals surface area (Å²) in [7, 11) is -3.59. The van der Waals surface area contributed by atoms with Gasteiger partial charge in [0.2, 0.25) is 15.9 Å². The number of hydrogen-bond acceptors (Lipinski definition) is 6. The summed E-state index contributed by atoms with van der Waals surface area (Å²) in [6.45, 7) is 1.05. The van der Waals surface area contributed by atoms with E-state index in [2.05, 4.69) is 20.8 Å². The van der Waals surface area contributed by atoms with Crippen molar-refractivity contribution in [3.8, 4) is 0 Å². The molecule has 1 fully saturated rings. The Kier molecular flexibility index (Phi) is 6.38. The third-order valence-electron chi connectivity index (χ3n) is 5.31. The molecule has 1 aliphatic rings. The quantitative estimate of drug-likeness (QED) is 0.603. The van der Waals surface area contributed by atoms with E-state index < -0.39 is 16.1 Å². The lowest BCUT2D eigenvalue weighted by Gasteiger charge is -2.26. The Bertz CT molecular complexity index is 1110. The summed E-state index contributed by atoms with van der Waals surface area (Å²) < 4.78 is 28.8. The highest BCUT2D eigenvalue weighted by molar-refractivity contribution is 7.89. The second-order valence-electron chi connectivity index (χ2n) is 7.48.